The van der Waals surface area contributed by atoms with Gasteiger partial charge in [0.25, 0.3) is 0 Å². The molecule has 0 amide bonds. The standard InChI is InChI=1S/C16H21BrN6/c1-11-7-13(17)4-3-12(11)8-19-16(18-2)22-14-5-6-15-20-10-21-23(15)9-14/h3-4,7,10,14H,5-6,8-9H2,1-2H3,(H2,18,19,22). The molecule has 0 saturated heterocycles. The highest BCUT2D eigenvalue weighted by atomic mass is 79.9. The number of aryl methyl sites for hydroxylation is 2. The fraction of sp³-hybridized carbons (Fsp3) is 0.438. The molecule has 2 N–H and O–H groups in total. The summed E-state index contributed by atoms with van der Waals surface area (Å²) in [6, 6.07) is 6.64. The van der Waals surface area contributed by atoms with E-state index in [9.17, 15) is 0 Å². The van der Waals surface area contributed by atoms with Crippen molar-refractivity contribution >= 4 is 21.9 Å². The van der Waals surface area contributed by atoms with Crippen molar-refractivity contribution in [3.8, 4) is 0 Å². The van der Waals surface area contributed by atoms with Gasteiger partial charge in [-0.05, 0) is 36.6 Å². The van der Waals surface area contributed by atoms with Gasteiger partial charge in [0, 0.05) is 30.5 Å². The first-order valence-electron chi connectivity index (χ1n) is 7.74. The van der Waals surface area contributed by atoms with E-state index in [1.807, 2.05) is 4.68 Å². The number of rotatable bonds is 3. The quantitative estimate of drug-likeness (QED) is 0.635. The molecular formula is C16H21BrN6. The van der Waals surface area contributed by atoms with Crippen LogP contribution in [0, 0.1) is 6.92 Å². The Morgan fingerprint density at radius 1 is 1.48 bits per heavy atom. The van der Waals surface area contributed by atoms with Gasteiger partial charge >= 0.3 is 0 Å². The second kappa shape index (κ2) is 7.12. The van der Waals surface area contributed by atoms with Crippen LogP contribution in [0.1, 0.15) is 23.4 Å². The third kappa shape index (κ3) is 3.90. The van der Waals surface area contributed by atoms with Crippen molar-refractivity contribution in [2.24, 2.45) is 4.99 Å². The van der Waals surface area contributed by atoms with Crippen LogP contribution in [0.3, 0.4) is 0 Å². The Morgan fingerprint density at radius 2 is 2.35 bits per heavy atom. The van der Waals surface area contributed by atoms with Gasteiger partial charge in [-0.2, -0.15) is 5.10 Å². The molecular weight excluding hydrogens is 356 g/mol. The average Bonchev–Trinajstić information content (AvgIpc) is 3.00. The van der Waals surface area contributed by atoms with Gasteiger partial charge in [-0.1, -0.05) is 22.0 Å². The van der Waals surface area contributed by atoms with E-state index in [1.165, 1.54) is 11.1 Å². The lowest BCUT2D eigenvalue weighted by atomic mass is 10.1. The van der Waals surface area contributed by atoms with Crippen LogP contribution in [0.25, 0.3) is 0 Å². The Hall–Kier alpha value is -1.89. The number of fused-ring (bicyclic) bond motifs is 1. The highest BCUT2D eigenvalue weighted by molar-refractivity contribution is 9.10. The molecule has 3 rings (SSSR count). The summed E-state index contributed by atoms with van der Waals surface area (Å²) in [6.45, 7) is 3.69. The first kappa shape index (κ1) is 16.0. The van der Waals surface area contributed by atoms with Crippen LogP contribution in [0.4, 0.5) is 0 Å². The number of halogens is 1. The fourth-order valence-electron chi connectivity index (χ4n) is 2.78. The Kier molecular flexibility index (Phi) is 4.95. The van der Waals surface area contributed by atoms with Crippen molar-refractivity contribution in [3.05, 3.63) is 46.0 Å². The van der Waals surface area contributed by atoms with Gasteiger partial charge in [0.05, 0.1) is 6.54 Å². The van der Waals surface area contributed by atoms with Crippen molar-refractivity contribution in [1.29, 1.82) is 0 Å². The lowest BCUT2D eigenvalue weighted by Crippen LogP contribution is -2.46. The summed E-state index contributed by atoms with van der Waals surface area (Å²) in [5.74, 6) is 1.89. The van der Waals surface area contributed by atoms with Gasteiger partial charge in [0.2, 0.25) is 0 Å². The summed E-state index contributed by atoms with van der Waals surface area (Å²) >= 11 is 3.50. The number of guanidine groups is 1. The van der Waals surface area contributed by atoms with Crippen LogP contribution in [0.15, 0.2) is 34.0 Å². The molecule has 2 aromatic rings. The zero-order valence-corrected chi connectivity index (χ0v) is 15.0. The number of nitrogens with zero attached hydrogens (tertiary/aromatic N) is 4. The number of hydrogen-bond acceptors (Lipinski definition) is 3. The Bertz CT molecular complexity index is 708. The van der Waals surface area contributed by atoms with Gasteiger partial charge in [-0.15, -0.1) is 0 Å². The molecule has 7 heteroatoms. The largest absolute Gasteiger partial charge is 0.352 e. The van der Waals surface area contributed by atoms with Crippen molar-refractivity contribution in [2.45, 2.75) is 38.9 Å². The maximum atomic E-state index is 4.33. The van der Waals surface area contributed by atoms with E-state index in [0.29, 0.717) is 6.04 Å². The summed E-state index contributed by atoms with van der Waals surface area (Å²) in [5, 5.41) is 11.1. The molecule has 2 heterocycles. The second-order valence-corrected chi connectivity index (χ2v) is 6.65. The number of nitrogens with one attached hydrogen (secondary N) is 2. The minimum Gasteiger partial charge on any atom is -0.352 e. The fourth-order valence-corrected chi connectivity index (χ4v) is 3.26. The normalized spacial score (nSPS) is 17.7. The molecule has 1 aromatic heterocycles. The molecule has 23 heavy (non-hydrogen) atoms. The van der Waals surface area contributed by atoms with E-state index in [-0.39, 0.29) is 0 Å². The molecule has 1 atom stereocenters. The molecule has 0 radical (unpaired) electrons. The molecule has 1 unspecified atom stereocenters. The summed E-state index contributed by atoms with van der Waals surface area (Å²) < 4.78 is 3.07. The Labute approximate surface area is 144 Å². The second-order valence-electron chi connectivity index (χ2n) is 5.73. The van der Waals surface area contributed by atoms with Gasteiger partial charge < -0.3 is 10.6 Å². The molecule has 0 spiro atoms. The maximum absolute atomic E-state index is 4.33. The third-order valence-corrected chi connectivity index (χ3v) is 4.61. The van der Waals surface area contributed by atoms with E-state index in [1.54, 1.807) is 13.4 Å². The zero-order chi connectivity index (χ0) is 16.2. The molecule has 6 nitrogen and oxygen atoms in total. The molecule has 1 aromatic carbocycles. The van der Waals surface area contributed by atoms with Crippen molar-refractivity contribution in [3.63, 3.8) is 0 Å². The monoisotopic (exact) mass is 376 g/mol. The van der Waals surface area contributed by atoms with Gasteiger partial charge in [-0.3, -0.25) is 4.99 Å². The summed E-state index contributed by atoms with van der Waals surface area (Å²) in [6.07, 6.45) is 3.61. The molecule has 0 bridgehead atoms. The topological polar surface area (TPSA) is 67.1 Å². The lowest BCUT2D eigenvalue weighted by molar-refractivity contribution is 0.392. The number of aliphatic imine (C=N–C) groups is 1. The zero-order valence-electron chi connectivity index (χ0n) is 13.4. The van der Waals surface area contributed by atoms with Crippen molar-refractivity contribution < 1.29 is 0 Å². The Balaban J connectivity index is 1.57. The van der Waals surface area contributed by atoms with Gasteiger partial charge in [-0.25, -0.2) is 9.67 Å². The highest BCUT2D eigenvalue weighted by Gasteiger charge is 2.20. The maximum Gasteiger partial charge on any atom is 0.191 e. The molecule has 0 aliphatic carbocycles. The molecule has 0 fully saturated rings. The predicted octanol–water partition coefficient (Wildman–Crippen LogP) is 2.03. The number of aromatic nitrogens is 3. The smallest absolute Gasteiger partial charge is 0.191 e. The molecule has 122 valence electrons. The van der Waals surface area contributed by atoms with Crippen molar-refractivity contribution in [1.82, 2.24) is 25.4 Å². The SMILES string of the molecule is CN=C(NCc1ccc(Br)cc1C)NC1CCc2ncnn2C1. The molecule has 1 aliphatic heterocycles. The van der Waals surface area contributed by atoms with E-state index in [2.05, 4.69) is 66.8 Å². The minimum absolute atomic E-state index is 0.321. The van der Waals surface area contributed by atoms with E-state index >= 15 is 0 Å². The number of benzene rings is 1. The summed E-state index contributed by atoms with van der Waals surface area (Å²) in [7, 11) is 1.80. The lowest BCUT2D eigenvalue weighted by Gasteiger charge is -2.25. The first-order valence-corrected chi connectivity index (χ1v) is 8.54. The van der Waals surface area contributed by atoms with E-state index in [4.69, 9.17) is 0 Å². The molecule has 0 saturated carbocycles. The van der Waals surface area contributed by atoms with Crippen LogP contribution in [0.2, 0.25) is 0 Å². The third-order valence-electron chi connectivity index (χ3n) is 4.12. The highest BCUT2D eigenvalue weighted by Crippen LogP contribution is 2.15. The van der Waals surface area contributed by atoms with Gasteiger partial charge in [0.15, 0.2) is 5.96 Å². The van der Waals surface area contributed by atoms with Crippen LogP contribution in [0.5, 0.6) is 0 Å². The Morgan fingerprint density at radius 3 is 3.13 bits per heavy atom. The molecule has 1 aliphatic rings. The van der Waals surface area contributed by atoms with E-state index in [0.717, 1.165) is 42.2 Å². The van der Waals surface area contributed by atoms with Gasteiger partial charge in [0.1, 0.15) is 12.2 Å². The van der Waals surface area contributed by atoms with Crippen LogP contribution >= 0.6 is 15.9 Å². The van der Waals surface area contributed by atoms with Crippen LogP contribution in [-0.4, -0.2) is 33.8 Å². The number of hydrogen-bond donors (Lipinski definition) is 2. The van der Waals surface area contributed by atoms with Crippen LogP contribution < -0.4 is 10.6 Å². The van der Waals surface area contributed by atoms with Crippen LogP contribution in [-0.2, 0) is 19.5 Å². The minimum atomic E-state index is 0.321. The predicted molar refractivity (Wildman–Crippen MR) is 94.3 cm³/mol. The summed E-state index contributed by atoms with van der Waals surface area (Å²) in [4.78, 5) is 8.59. The average molecular weight is 377 g/mol. The van der Waals surface area contributed by atoms with E-state index < -0.39 is 0 Å². The summed E-state index contributed by atoms with van der Waals surface area (Å²) in [5.41, 5.74) is 2.52. The first-order chi connectivity index (χ1) is 11.2. The van der Waals surface area contributed by atoms with Crippen molar-refractivity contribution in [2.75, 3.05) is 7.05 Å².